The maximum absolute atomic E-state index is 12.3. The lowest BCUT2D eigenvalue weighted by molar-refractivity contribution is -0.122. The fourth-order valence-electron chi connectivity index (χ4n) is 3.04. The molecule has 2 atom stereocenters. The highest BCUT2D eigenvalue weighted by Gasteiger charge is 2.28. The van der Waals surface area contributed by atoms with Crippen molar-refractivity contribution in [1.82, 2.24) is 0 Å². The van der Waals surface area contributed by atoms with Crippen molar-refractivity contribution in [3.8, 4) is 0 Å². The molecule has 104 valence electrons. The zero-order chi connectivity index (χ0) is 13.8. The van der Waals surface area contributed by atoms with E-state index in [1.54, 1.807) is 11.8 Å². The molecule has 0 heterocycles. The molecule has 1 aliphatic rings. The molecule has 1 saturated carbocycles. The van der Waals surface area contributed by atoms with Crippen LogP contribution in [0.4, 0.5) is 0 Å². The summed E-state index contributed by atoms with van der Waals surface area (Å²) in [6, 6.07) is 8.16. The number of carbonyl (C=O) groups excluding carboxylic acids is 1. The van der Waals surface area contributed by atoms with E-state index in [1.807, 2.05) is 12.1 Å². The van der Waals surface area contributed by atoms with Crippen molar-refractivity contribution in [3.63, 3.8) is 0 Å². The molecule has 0 radical (unpaired) electrons. The summed E-state index contributed by atoms with van der Waals surface area (Å²) in [6.07, 6.45) is 3.45. The average molecular weight is 341 g/mol. The van der Waals surface area contributed by atoms with Gasteiger partial charge in [0.25, 0.3) is 0 Å². The fourth-order valence-corrected chi connectivity index (χ4v) is 4.52. The summed E-state index contributed by atoms with van der Waals surface area (Å²) in [5.74, 6) is 2.74. The van der Waals surface area contributed by atoms with Crippen LogP contribution in [0.15, 0.2) is 33.6 Å². The Bertz CT molecular complexity index is 436. The van der Waals surface area contributed by atoms with Crippen LogP contribution in [0.1, 0.15) is 33.1 Å². The third-order valence-electron chi connectivity index (χ3n) is 3.81. The molecule has 0 N–H and O–H groups in total. The summed E-state index contributed by atoms with van der Waals surface area (Å²) < 4.78 is 1.07. The van der Waals surface area contributed by atoms with Gasteiger partial charge in [-0.2, -0.15) is 0 Å². The van der Waals surface area contributed by atoms with Crippen LogP contribution in [0.3, 0.4) is 0 Å². The van der Waals surface area contributed by atoms with Gasteiger partial charge in [0.1, 0.15) is 5.78 Å². The van der Waals surface area contributed by atoms with Gasteiger partial charge in [0.05, 0.1) is 5.75 Å². The summed E-state index contributed by atoms with van der Waals surface area (Å²) in [5.41, 5.74) is 0. The zero-order valence-corrected chi connectivity index (χ0v) is 14.0. The van der Waals surface area contributed by atoms with Crippen LogP contribution in [-0.2, 0) is 4.79 Å². The molecule has 0 aliphatic heterocycles. The second-order valence-electron chi connectivity index (χ2n) is 5.83. The lowest BCUT2D eigenvalue weighted by atomic mass is 9.75. The van der Waals surface area contributed by atoms with E-state index >= 15 is 0 Å². The molecule has 0 bridgehead atoms. The van der Waals surface area contributed by atoms with E-state index in [-0.39, 0.29) is 0 Å². The molecule has 1 fully saturated rings. The molecule has 2 unspecified atom stereocenters. The Morgan fingerprint density at radius 2 is 1.95 bits per heavy atom. The van der Waals surface area contributed by atoms with E-state index in [1.165, 1.54) is 11.3 Å². The van der Waals surface area contributed by atoms with E-state index in [0.29, 0.717) is 29.3 Å². The second-order valence-corrected chi connectivity index (χ2v) is 7.79. The topological polar surface area (TPSA) is 17.1 Å². The van der Waals surface area contributed by atoms with Crippen LogP contribution in [0.5, 0.6) is 0 Å². The van der Waals surface area contributed by atoms with Crippen LogP contribution in [0.25, 0.3) is 0 Å². The molecule has 1 aromatic rings. The Morgan fingerprint density at radius 3 is 2.58 bits per heavy atom. The first-order chi connectivity index (χ1) is 9.04. The number of benzene rings is 1. The first-order valence-electron chi connectivity index (χ1n) is 6.95. The van der Waals surface area contributed by atoms with Gasteiger partial charge in [-0.05, 0) is 49.3 Å². The molecule has 1 aromatic carbocycles. The lowest BCUT2D eigenvalue weighted by Crippen LogP contribution is -2.27. The lowest BCUT2D eigenvalue weighted by Gasteiger charge is -2.30. The third kappa shape index (κ3) is 4.64. The van der Waals surface area contributed by atoms with Gasteiger partial charge < -0.3 is 0 Å². The van der Waals surface area contributed by atoms with E-state index in [9.17, 15) is 4.79 Å². The minimum Gasteiger partial charge on any atom is -0.298 e. The highest BCUT2D eigenvalue weighted by atomic mass is 79.9. The third-order valence-corrected chi connectivity index (χ3v) is 5.32. The summed E-state index contributed by atoms with van der Waals surface area (Å²) in [5, 5.41) is 0. The first kappa shape index (κ1) is 15.1. The van der Waals surface area contributed by atoms with Gasteiger partial charge in [-0.25, -0.2) is 0 Å². The monoisotopic (exact) mass is 340 g/mol. The molecular formula is C16H21BrOS. The van der Waals surface area contributed by atoms with Crippen molar-refractivity contribution in [3.05, 3.63) is 28.7 Å². The summed E-state index contributed by atoms with van der Waals surface area (Å²) in [7, 11) is 0. The van der Waals surface area contributed by atoms with Crippen molar-refractivity contribution in [2.24, 2.45) is 17.8 Å². The Balaban J connectivity index is 1.87. The maximum atomic E-state index is 12.3. The SMILES string of the molecule is CC1CC(C)CC(C(=O)CSc2cccc(Br)c2)C1. The quantitative estimate of drug-likeness (QED) is 0.702. The van der Waals surface area contributed by atoms with Crippen LogP contribution in [0, 0.1) is 17.8 Å². The summed E-state index contributed by atoms with van der Waals surface area (Å²) in [4.78, 5) is 13.5. The minimum atomic E-state index is 0.290. The molecule has 0 spiro atoms. The molecule has 0 aromatic heterocycles. The molecule has 1 nitrogen and oxygen atoms in total. The maximum Gasteiger partial charge on any atom is 0.146 e. The van der Waals surface area contributed by atoms with E-state index in [0.717, 1.165) is 17.3 Å². The number of ketones is 1. The van der Waals surface area contributed by atoms with E-state index in [2.05, 4.69) is 41.9 Å². The van der Waals surface area contributed by atoms with Crippen LogP contribution in [-0.4, -0.2) is 11.5 Å². The highest BCUT2D eigenvalue weighted by molar-refractivity contribution is 9.10. The first-order valence-corrected chi connectivity index (χ1v) is 8.73. The smallest absolute Gasteiger partial charge is 0.146 e. The number of thioether (sulfide) groups is 1. The molecule has 0 saturated heterocycles. The van der Waals surface area contributed by atoms with Gasteiger partial charge in [-0.3, -0.25) is 4.79 Å². The van der Waals surface area contributed by atoms with Crippen LogP contribution in [0.2, 0.25) is 0 Å². The minimum absolute atomic E-state index is 0.290. The van der Waals surface area contributed by atoms with Gasteiger partial charge >= 0.3 is 0 Å². The van der Waals surface area contributed by atoms with Gasteiger partial charge in [-0.1, -0.05) is 35.8 Å². The normalized spacial score (nSPS) is 27.2. The molecule has 19 heavy (non-hydrogen) atoms. The van der Waals surface area contributed by atoms with E-state index < -0.39 is 0 Å². The van der Waals surface area contributed by atoms with Crippen molar-refractivity contribution in [1.29, 1.82) is 0 Å². The number of carbonyl (C=O) groups is 1. The predicted octanol–water partition coefficient (Wildman–Crippen LogP) is 5.18. The molecule has 2 rings (SSSR count). The number of rotatable bonds is 4. The van der Waals surface area contributed by atoms with Crippen LogP contribution < -0.4 is 0 Å². The molecular weight excluding hydrogens is 320 g/mol. The number of hydrogen-bond donors (Lipinski definition) is 0. The molecule has 0 amide bonds. The van der Waals surface area contributed by atoms with Gasteiger partial charge in [0.15, 0.2) is 0 Å². The zero-order valence-electron chi connectivity index (χ0n) is 11.6. The van der Waals surface area contributed by atoms with Crippen LogP contribution >= 0.6 is 27.7 Å². The number of Topliss-reactive ketones (excluding diaryl/α,β-unsaturated/α-hetero) is 1. The Kier molecular flexibility index (Phi) is 5.52. The van der Waals surface area contributed by atoms with Crippen molar-refractivity contribution in [2.45, 2.75) is 38.0 Å². The summed E-state index contributed by atoms with van der Waals surface area (Å²) in [6.45, 7) is 4.55. The predicted molar refractivity (Wildman–Crippen MR) is 85.5 cm³/mol. The molecule has 3 heteroatoms. The number of halogens is 1. The summed E-state index contributed by atoms with van der Waals surface area (Å²) >= 11 is 5.12. The molecule has 1 aliphatic carbocycles. The Morgan fingerprint density at radius 1 is 1.26 bits per heavy atom. The largest absolute Gasteiger partial charge is 0.298 e. The van der Waals surface area contributed by atoms with Crippen molar-refractivity contribution < 1.29 is 4.79 Å². The average Bonchev–Trinajstić information content (AvgIpc) is 2.35. The van der Waals surface area contributed by atoms with Gasteiger partial charge in [-0.15, -0.1) is 11.8 Å². The Labute approximate surface area is 128 Å². The number of hydrogen-bond acceptors (Lipinski definition) is 2. The van der Waals surface area contributed by atoms with Crippen molar-refractivity contribution in [2.75, 3.05) is 5.75 Å². The van der Waals surface area contributed by atoms with E-state index in [4.69, 9.17) is 0 Å². The van der Waals surface area contributed by atoms with Gasteiger partial charge in [0.2, 0.25) is 0 Å². The second kappa shape index (κ2) is 6.94. The van der Waals surface area contributed by atoms with Gasteiger partial charge in [0, 0.05) is 15.3 Å². The Hall–Kier alpha value is -0.280. The standard InChI is InChI=1S/C16H21BrOS/c1-11-6-12(2)8-13(7-11)16(18)10-19-15-5-3-4-14(17)9-15/h3-5,9,11-13H,6-8,10H2,1-2H3. The fraction of sp³-hybridized carbons (Fsp3) is 0.562. The highest BCUT2D eigenvalue weighted by Crippen LogP contribution is 2.34. The van der Waals surface area contributed by atoms with Crippen molar-refractivity contribution >= 4 is 33.5 Å².